The second-order valence-electron chi connectivity index (χ2n) is 5.16. The van der Waals surface area contributed by atoms with Gasteiger partial charge in [0.25, 0.3) is 5.91 Å². The maximum absolute atomic E-state index is 12.4. The van der Waals surface area contributed by atoms with E-state index in [1.54, 1.807) is 32.0 Å². The molecule has 2 N–H and O–H groups in total. The van der Waals surface area contributed by atoms with Crippen LogP contribution in [0.5, 0.6) is 0 Å². The zero-order chi connectivity index (χ0) is 17.1. The highest BCUT2D eigenvalue weighted by Crippen LogP contribution is 2.26. The summed E-state index contributed by atoms with van der Waals surface area (Å²) in [4.78, 5) is 23.3. The Morgan fingerprint density at radius 3 is 2.61 bits per heavy atom. The number of carbonyl (C=O) groups excluding carboxylic acids is 1. The van der Waals surface area contributed by atoms with Crippen molar-refractivity contribution in [2.24, 2.45) is 0 Å². The van der Waals surface area contributed by atoms with Crippen molar-refractivity contribution in [1.82, 2.24) is 5.32 Å². The molecule has 1 heterocycles. The van der Waals surface area contributed by atoms with Gasteiger partial charge in [-0.15, -0.1) is 0 Å². The average molecular weight is 356 g/mol. The van der Waals surface area contributed by atoms with Crippen LogP contribution in [0.25, 0.3) is 0 Å². The van der Waals surface area contributed by atoms with Crippen molar-refractivity contribution in [2.75, 3.05) is 0 Å². The van der Waals surface area contributed by atoms with Crippen molar-refractivity contribution in [2.45, 2.75) is 26.3 Å². The summed E-state index contributed by atoms with van der Waals surface area (Å²) in [5.74, 6) is -1.33. The van der Waals surface area contributed by atoms with Crippen LogP contribution in [0.1, 0.15) is 40.2 Å². The second-order valence-corrected chi connectivity index (χ2v) is 5.97. The molecule has 1 atom stereocenters. The zero-order valence-electron chi connectivity index (χ0n) is 12.5. The lowest BCUT2D eigenvalue weighted by molar-refractivity contribution is -0.136. The maximum Gasteiger partial charge on any atom is 0.311 e. The highest BCUT2D eigenvalue weighted by Gasteiger charge is 2.22. The molecule has 0 aliphatic carbocycles. The van der Waals surface area contributed by atoms with Crippen LogP contribution in [0.2, 0.25) is 10.0 Å². The molecule has 0 fully saturated rings. The monoisotopic (exact) mass is 355 g/mol. The number of aliphatic carboxylic acids is 1. The molecule has 1 unspecified atom stereocenters. The molecule has 2 aromatic rings. The highest BCUT2D eigenvalue weighted by molar-refractivity contribution is 6.42. The van der Waals surface area contributed by atoms with Crippen molar-refractivity contribution in [3.05, 3.63) is 57.0 Å². The summed E-state index contributed by atoms with van der Waals surface area (Å²) >= 11 is 11.9. The van der Waals surface area contributed by atoms with Crippen molar-refractivity contribution in [3.8, 4) is 0 Å². The maximum atomic E-state index is 12.4. The number of benzene rings is 1. The molecule has 0 saturated heterocycles. The normalized spacial score (nSPS) is 12.0. The molecule has 0 aliphatic heterocycles. The number of furan rings is 1. The molecular weight excluding hydrogens is 341 g/mol. The SMILES string of the molecule is Cc1coc(CC(=O)O)c1C(=O)NC(C)c1ccc(Cl)c(Cl)c1. The van der Waals surface area contributed by atoms with Gasteiger partial charge >= 0.3 is 5.97 Å². The van der Waals surface area contributed by atoms with Gasteiger partial charge in [0.1, 0.15) is 12.2 Å². The fourth-order valence-corrected chi connectivity index (χ4v) is 2.51. The van der Waals surface area contributed by atoms with E-state index >= 15 is 0 Å². The van der Waals surface area contributed by atoms with Gasteiger partial charge in [-0.25, -0.2) is 0 Å². The van der Waals surface area contributed by atoms with Crippen LogP contribution < -0.4 is 5.32 Å². The topological polar surface area (TPSA) is 79.5 Å². The number of nitrogens with one attached hydrogen (secondary N) is 1. The van der Waals surface area contributed by atoms with Crippen molar-refractivity contribution < 1.29 is 19.1 Å². The largest absolute Gasteiger partial charge is 0.481 e. The van der Waals surface area contributed by atoms with Crippen LogP contribution in [0, 0.1) is 6.92 Å². The molecule has 1 aromatic carbocycles. The molecule has 122 valence electrons. The summed E-state index contributed by atoms with van der Waals surface area (Å²) in [5.41, 5.74) is 1.62. The van der Waals surface area contributed by atoms with Gasteiger partial charge in [-0.3, -0.25) is 9.59 Å². The van der Waals surface area contributed by atoms with Gasteiger partial charge < -0.3 is 14.8 Å². The number of carbonyl (C=O) groups is 2. The molecule has 0 spiro atoms. The number of carboxylic acids is 1. The van der Waals surface area contributed by atoms with E-state index in [4.69, 9.17) is 32.7 Å². The zero-order valence-corrected chi connectivity index (χ0v) is 14.0. The second kappa shape index (κ2) is 7.06. The van der Waals surface area contributed by atoms with Crippen molar-refractivity contribution >= 4 is 35.1 Å². The number of hydrogen-bond donors (Lipinski definition) is 2. The smallest absolute Gasteiger partial charge is 0.311 e. The Morgan fingerprint density at radius 2 is 2.00 bits per heavy atom. The van der Waals surface area contributed by atoms with Crippen LogP contribution in [-0.2, 0) is 11.2 Å². The lowest BCUT2D eigenvalue weighted by Gasteiger charge is -2.15. The van der Waals surface area contributed by atoms with E-state index in [2.05, 4.69) is 5.32 Å². The number of amides is 1. The van der Waals surface area contributed by atoms with Crippen LogP contribution in [0.15, 0.2) is 28.9 Å². The van der Waals surface area contributed by atoms with Gasteiger partial charge in [0.15, 0.2) is 0 Å². The summed E-state index contributed by atoms with van der Waals surface area (Å²) < 4.78 is 5.17. The Labute approximate surface area is 143 Å². The molecule has 0 saturated carbocycles. The van der Waals surface area contributed by atoms with E-state index in [1.165, 1.54) is 6.26 Å². The first-order chi connectivity index (χ1) is 10.8. The fourth-order valence-electron chi connectivity index (χ4n) is 2.20. The van der Waals surface area contributed by atoms with E-state index in [-0.39, 0.29) is 23.8 Å². The van der Waals surface area contributed by atoms with Crippen LogP contribution >= 0.6 is 23.2 Å². The number of halogens is 2. The summed E-state index contributed by atoms with van der Waals surface area (Å²) in [6.07, 6.45) is 1.02. The van der Waals surface area contributed by atoms with E-state index in [9.17, 15) is 9.59 Å². The Balaban J connectivity index is 2.20. The molecule has 1 amide bonds. The molecule has 7 heteroatoms. The van der Waals surface area contributed by atoms with Crippen molar-refractivity contribution in [3.63, 3.8) is 0 Å². The molecule has 1 aromatic heterocycles. The fraction of sp³-hybridized carbons (Fsp3) is 0.250. The van der Waals surface area contributed by atoms with Gasteiger partial charge in [-0.2, -0.15) is 0 Å². The molecule has 0 radical (unpaired) electrons. The van der Waals surface area contributed by atoms with Crippen LogP contribution in [-0.4, -0.2) is 17.0 Å². The first kappa shape index (κ1) is 17.4. The summed E-state index contributed by atoms with van der Waals surface area (Å²) in [7, 11) is 0. The summed E-state index contributed by atoms with van der Waals surface area (Å²) in [5, 5.41) is 12.5. The third-order valence-corrected chi connectivity index (χ3v) is 4.12. The third kappa shape index (κ3) is 4.06. The molecular formula is C16H15Cl2NO4. The minimum atomic E-state index is -1.06. The lowest BCUT2D eigenvalue weighted by atomic mass is 10.1. The van der Waals surface area contributed by atoms with Crippen LogP contribution in [0.3, 0.4) is 0 Å². The first-order valence-corrected chi connectivity index (χ1v) is 7.59. The number of carboxylic acid groups (broad SMARTS) is 1. The molecule has 23 heavy (non-hydrogen) atoms. The molecule has 2 rings (SSSR count). The van der Waals surface area contributed by atoms with E-state index in [0.29, 0.717) is 15.6 Å². The number of hydrogen-bond acceptors (Lipinski definition) is 3. The summed E-state index contributed by atoms with van der Waals surface area (Å²) in [6.45, 7) is 3.48. The number of rotatable bonds is 5. The Morgan fingerprint density at radius 1 is 1.30 bits per heavy atom. The summed E-state index contributed by atoms with van der Waals surface area (Å²) in [6, 6.07) is 4.76. The predicted octanol–water partition coefficient (Wildman–Crippen LogP) is 4.01. The van der Waals surface area contributed by atoms with Gasteiger partial charge in [0, 0.05) is 5.56 Å². The average Bonchev–Trinajstić information content (AvgIpc) is 2.81. The molecule has 0 bridgehead atoms. The van der Waals surface area contributed by atoms with E-state index < -0.39 is 11.9 Å². The van der Waals surface area contributed by atoms with Gasteiger partial charge in [-0.05, 0) is 31.5 Å². The quantitative estimate of drug-likeness (QED) is 0.848. The predicted molar refractivity (Wildman–Crippen MR) is 87.1 cm³/mol. The van der Waals surface area contributed by atoms with Gasteiger partial charge in [-0.1, -0.05) is 29.3 Å². The minimum Gasteiger partial charge on any atom is -0.481 e. The van der Waals surface area contributed by atoms with Crippen LogP contribution in [0.4, 0.5) is 0 Å². The minimum absolute atomic E-state index is 0.133. The van der Waals surface area contributed by atoms with Crippen molar-refractivity contribution in [1.29, 1.82) is 0 Å². The lowest BCUT2D eigenvalue weighted by Crippen LogP contribution is -2.28. The Kier molecular flexibility index (Phi) is 5.34. The Hall–Kier alpha value is -1.98. The van der Waals surface area contributed by atoms with E-state index in [1.807, 2.05) is 0 Å². The van der Waals surface area contributed by atoms with Gasteiger partial charge in [0.2, 0.25) is 0 Å². The molecule has 0 aliphatic rings. The third-order valence-electron chi connectivity index (χ3n) is 3.38. The Bertz CT molecular complexity index is 755. The number of aryl methyl sites for hydroxylation is 1. The van der Waals surface area contributed by atoms with Gasteiger partial charge in [0.05, 0.1) is 27.9 Å². The highest BCUT2D eigenvalue weighted by atomic mass is 35.5. The molecule has 5 nitrogen and oxygen atoms in total. The van der Waals surface area contributed by atoms with E-state index in [0.717, 1.165) is 5.56 Å². The standard InChI is InChI=1S/C16H15Cl2NO4/c1-8-7-23-13(6-14(20)21)15(8)16(22)19-9(2)10-3-4-11(17)12(18)5-10/h3-5,7,9H,6H2,1-2H3,(H,19,22)(H,20,21). The first-order valence-electron chi connectivity index (χ1n) is 6.84.